The number of hydrogen-bond donors (Lipinski definition) is 2. The summed E-state index contributed by atoms with van der Waals surface area (Å²) in [5, 5.41) is 9.77. The first-order chi connectivity index (χ1) is 8.14. The molecular formula is C12H14BrClF3NO. The van der Waals surface area contributed by atoms with Crippen molar-refractivity contribution < 1.29 is 18.3 Å². The summed E-state index contributed by atoms with van der Waals surface area (Å²) in [4.78, 5) is 0. The Labute approximate surface area is 124 Å². The third-order valence-corrected chi connectivity index (χ3v) is 3.05. The van der Waals surface area contributed by atoms with Crippen molar-refractivity contribution in [1.82, 2.24) is 0 Å². The Kier molecular flexibility index (Phi) is 6.38. The molecule has 0 aliphatic rings. The van der Waals surface area contributed by atoms with Crippen molar-refractivity contribution in [2.45, 2.75) is 25.6 Å². The summed E-state index contributed by atoms with van der Waals surface area (Å²) < 4.78 is 38.7. The Morgan fingerprint density at radius 3 is 2.42 bits per heavy atom. The molecule has 0 radical (unpaired) electrons. The molecule has 0 heterocycles. The molecule has 0 bridgehead atoms. The second kappa shape index (κ2) is 6.63. The van der Waals surface area contributed by atoms with E-state index < -0.39 is 23.5 Å². The monoisotopic (exact) mass is 359 g/mol. The number of aromatic hydroxyl groups is 1. The van der Waals surface area contributed by atoms with E-state index in [1.165, 1.54) is 0 Å². The van der Waals surface area contributed by atoms with Crippen molar-refractivity contribution in [2.75, 3.05) is 0 Å². The summed E-state index contributed by atoms with van der Waals surface area (Å²) in [6.07, 6.45) is -4.38. The maximum absolute atomic E-state index is 12.9. The van der Waals surface area contributed by atoms with Crippen LogP contribution in [0.4, 0.5) is 13.2 Å². The van der Waals surface area contributed by atoms with Gasteiger partial charge in [0.2, 0.25) is 0 Å². The van der Waals surface area contributed by atoms with E-state index in [-0.39, 0.29) is 28.9 Å². The molecule has 0 unspecified atom stereocenters. The topological polar surface area (TPSA) is 46.2 Å². The molecule has 7 heteroatoms. The molecule has 2 nitrogen and oxygen atoms in total. The number of alkyl halides is 3. The number of rotatable bonds is 3. The number of phenolic OH excluding ortho intramolecular Hbond substituents is 1. The van der Waals surface area contributed by atoms with E-state index in [0.717, 1.165) is 12.1 Å². The van der Waals surface area contributed by atoms with Crippen LogP contribution in [0.25, 0.3) is 0 Å². The van der Waals surface area contributed by atoms with Gasteiger partial charge in [0.15, 0.2) is 0 Å². The van der Waals surface area contributed by atoms with Crippen LogP contribution in [-0.2, 0) is 6.18 Å². The van der Waals surface area contributed by atoms with E-state index in [4.69, 9.17) is 5.73 Å². The highest BCUT2D eigenvalue weighted by Gasteiger charge is 2.36. The number of benzene rings is 1. The average Bonchev–Trinajstić information content (AvgIpc) is 2.18. The molecule has 1 aromatic carbocycles. The second-order valence-electron chi connectivity index (χ2n) is 4.12. The summed E-state index contributed by atoms with van der Waals surface area (Å²) >= 11 is 2.99. The summed E-state index contributed by atoms with van der Waals surface area (Å²) in [7, 11) is 0. The Bertz CT molecular complexity index is 477. The van der Waals surface area contributed by atoms with E-state index in [1.54, 1.807) is 6.92 Å². The normalized spacial score (nSPS) is 12.7. The third-order valence-electron chi connectivity index (χ3n) is 2.41. The molecule has 0 fully saturated rings. The first kappa shape index (κ1) is 18.3. The lowest BCUT2D eigenvalue weighted by atomic mass is 9.95. The summed E-state index contributed by atoms with van der Waals surface area (Å²) in [6, 6.07) is 1.10. The lowest BCUT2D eigenvalue weighted by Crippen LogP contribution is -2.18. The van der Waals surface area contributed by atoms with E-state index in [0.29, 0.717) is 5.57 Å². The Morgan fingerprint density at radius 1 is 1.47 bits per heavy atom. The van der Waals surface area contributed by atoms with Crippen LogP contribution in [0, 0.1) is 0 Å². The summed E-state index contributed by atoms with van der Waals surface area (Å²) in [6.45, 7) is 5.28. The van der Waals surface area contributed by atoms with Gasteiger partial charge in [0, 0.05) is 11.6 Å². The Balaban J connectivity index is 0.00000324. The number of phenols is 1. The van der Waals surface area contributed by atoms with Gasteiger partial charge in [0.25, 0.3) is 0 Å². The Hall–Kier alpha value is -0.720. The van der Waals surface area contributed by atoms with Crippen molar-refractivity contribution in [1.29, 1.82) is 0 Å². The fraction of sp³-hybridized carbons (Fsp3) is 0.333. The van der Waals surface area contributed by atoms with Gasteiger partial charge in [0.1, 0.15) is 5.75 Å². The molecule has 1 rings (SSSR count). The molecule has 0 aliphatic carbocycles. The fourth-order valence-corrected chi connectivity index (χ4v) is 2.03. The highest BCUT2D eigenvalue weighted by atomic mass is 79.9. The van der Waals surface area contributed by atoms with E-state index in [2.05, 4.69) is 22.5 Å². The quantitative estimate of drug-likeness (QED) is 0.776. The van der Waals surface area contributed by atoms with Crippen molar-refractivity contribution in [3.05, 3.63) is 39.9 Å². The van der Waals surface area contributed by atoms with E-state index in [1.807, 2.05) is 0 Å². The highest BCUT2D eigenvalue weighted by Crippen LogP contribution is 2.42. The van der Waals surface area contributed by atoms with E-state index in [9.17, 15) is 18.3 Å². The van der Waals surface area contributed by atoms with Crippen molar-refractivity contribution in [2.24, 2.45) is 5.73 Å². The van der Waals surface area contributed by atoms with Crippen molar-refractivity contribution in [3.8, 4) is 5.75 Å². The van der Waals surface area contributed by atoms with Gasteiger partial charge < -0.3 is 10.8 Å². The molecule has 0 saturated carbocycles. The van der Waals surface area contributed by atoms with Gasteiger partial charge in [-0.05, 0) is 41.4 Å². The molecule has 0 aliphatic heterocycles. The molecule has 19 heavy (non-hydrogen) atoms. The number of hydrogen-bond acceptors (Lipinski definition) is 2. The van der Waals surface area contributed by atoms with E-state index >= 15 is 0 Å². The predicted molar refractivity (Wildman–Crippen MR) is 74.4 cm³/mol. The number of halogens is 5. The maximum atomic E-state index is 12.9. The van der Waals surface area contributed by atoms with Gasteiger partial charge >= 0.3 is 6.18 Å². The average molecular weight is 361 g/mol. The zero-order valence-electron chi connectivity index (χ0n) is 10.1. The standard InChI is InChI=1S/C12H13BrF3NO.ClH/c1-6(2)5-9(17)10-7(12(14,15)16)3-4-8(13)11(10)18;/h3-4,9,18H,1,5,17H2,2H3;1H/t9-;/m0./s1. The molecule has 0 amide bonds. The highest BCUT2D eigenvalue weighted by molar-refractivity contribution is 9.10. The van der Waals surface area contributed by atoms with Crippen LogP contribution in [-0.4, -0.2) is 5.11 Å². The molecule has 3 N–H and O–H groups in total. The Morgan fingerprint density at radius 2 is 2.00 bits per heavy atom. The lowest BCUT2D eigenvalue weighted by molar-refractivity contribution is -0.138. The summed E-state index contributed by atoms with van der Waals surface area (Å²) in [5.74, 6) is -0.474. The van der Waals surface area contributed by atoms with Crippen LogP contribution in [0.1, 0.15) is 30.5 Å². The van der Waals surface area contributed by atoms with Crippen molar-refractivity contribution in [3.63, 3.8) is 0 Å². The van der Waals surface area contributed by atoms with Crippen LogP contribution in [0.15, 0.2) is 28.8 Å². The van der Waals surface area contributed by atoms with Gasteiger partial charge in [-0.25, -0.2) is 0 Å². The lowest BCUT2D eigenvalue weighted by Gasteiger charge is -2.20. The summed E-state index contributed by atoms with van der Waals surface area (Å²) in [5.41, 5.74) is 5.14. The number of nitrogens with two attached hydrogens (primary N) is 1. The van der Waals surface area contributed by atoms with Gasteiger partial charge in [-0.15, -0.1) is 19.0 Å². The van der Waals surface area contributed by atoms with Crippen LogP contribution in [0.3, 0.4) is 0 Å². The van der Waals surface area contributed by atoms with Gasteiger partial charge in [-0.2, -0.15) is 13.2 Å². The first-order valence-electron chi connectivity index (χ1n) is 5.13. The smallest absolute Gasteiger partial charge is 0.416 e. The van der Waals surface area contributed by atoms with Crippen LogP contribution in [0.5, 0.6) is 5.75 Å². The molecule has 0 aromatic heterocycles. The first-order valence-corrected chi connectivity index (χ1v) is 5.92. The zero-order chi connectivity index (χ0) is 14.1. The van der Waals surface area contributed by atoms with Crippen LogP contribution in [0.2, 0.25) is 0 Å². The molecular weight excluding hydrogens is 346 g/mol. The molecule has 1 atom stereocenters. The van der Waals surface area contributed by atoms with Crippen molar-refractivity contribution >= 4 is 28.3 Å². The third kappa shape index (κ3) is 4.40. The van der Waals surface area contributed by atoms with Crippen LogP contribution < -0.4 is 5.73 Å². The second-order valence-corrected chi connectivity index (χ2v) is 4.98. The molecule has 0 saturated heterocycles. The molecule has 0 spiro atoms. The van der Waals surface area contributed by atoms with Gasteiger partial charge in [0.05, 0.1) is 10.0 Å². The maximum Gasteiger partial charge on any atom is 0.416 e. The van der Waals surface area contributed by atoms with Gasteiger partial charge in [-0.3, -0.25) is 0 Å². The minimum Gasteiger partial charge on any atom is -0.506 e. The SMILES string of the molecule is C=C(C)C[C@H](N)c1c(C(F)(F)F)ccc(Br)c1O.Cl. The zero-order valence-corrected chi connectivity index (χ0v) is 12.5. The fourth-order valence-electron chi connectivity index (χ4n) is 1.68. The van der Waals surface area contributed by atoms with Crippen LogP contribution >= 0.6 is 28.3 Å². The predicted octanol–water partition coefficient (Wildman–Crippen LogP) is 4.56. The molecule has 108 valence electrons. The minimum atomic E-state index is -4.56. The van der Waals surface area contributed by atoms with Gasteiger partial charge in [-0.1, -0.05) is 5.57 Å². The molecule has 1 aromatic rings. The largest absolute Gasteiger partial charge is 0.506 e. The minimum absolute atomic E-state index is 0.